The molecule has 158 valence electrons. The first kappa shape index (κ1) is 21.0. The van der Waals surface area contributed by atoms with Crippen molar-refractivity contribution in [3.05, 3.63) is 63.8 Å². The number of rotatable bonds is 7. The Labute approximate surface area is 183 Å². The van der Waals surface area contributed by atoms with Gasteiger partial charge in [0, 0.05) is 23.0 Å². The monoisotopic (exact) mass is 423 g/mol. The van der Waals surface area contributed by atoms with Crippen molar-refractivity contribution in [3.63, 3.8) is 0 Å². The summed E-state index contributed by atoms with van der Waals surface area (Å²) >= 11 is 6.54. The molecular weight excluding hydrogens is 394 g/mol. The molecule has 4 rings (SSSR count). The molecule has 0 bridgehead atoms. The van der Waals surface area contributed by atoms with Crippen molar-refractivity contribution >= 4 is 28.3 Å². The molecule has 1 aliphatic carbocycles. The molecule has 0 aliphatic heterocycles. The summed E-state index contributed by atoms with van der Waals surface area (Å²) in [5, 5.41) is 1.63. The molecule has 1 fully saturated rings. The number of benzene rings is 2. The van der Waals surface area contributed by atoms with Gasteiger partial charge in [-0.05, 0) is 73.9 Å². The molecule has 0 saturated heterocycles. The van der Waals surface area contributed by atoms with Gasteiger partial charge in [-0.1, -0.05) is 49.1 Å². The molecule has 1 N–H and O–H groups in total. The van der Waals surface area contributed by atoms with Gasteiger partial charge in [0.15, 0.2) is 0 Å². The minimum atomic E-state index is 0.165. The Kier molecular flexibility index (Phi) is 6.48. The number of ether oxygens (including phenoxy) is 1. The largest absolute Gasteiger partial charge is 0.489 e. The van der Waals surface area contributed by atoms with Crippen molar-refractivity contribution in [1.29, 1.82) is 0 Å². The zero-order valence-corrected chi connectivity index (χ0v) is 18.6. The highest BCUT2D eigenvalue weighted by atomic mass is 35.5. The number of hydrogen-bond acceptors (Lipinski definition) is 2. The summed E-state index contributed by atoms with van der Waals surface area (Å²) < 4.78 is 6.08. The number of aromatic nitrogens is 1. The molecule has 1 aliphatic rings. The number of ketones is 1. The van der Waals surface area contributed by atoms with E-state index in [0.29, 0.717) is 24.5 Å². The number of H-pyrrole nitrogens is 1. The van der Waals surface area contributed by atoms with Gasteiger partial charge in [-0.25, -0.2) is 0 Å². The van der Waals surface area contributed by atoms with Crippen LogP contribution in [-0.4, -0.2) is 10.8 Å². The number of carbonyl (C=O) groups is 1. The molecule has 0 amide bonds. The predicted molar refractivity (Wildman–Crippen MR) is 124 cm³/mol. The van der Waals surface area contributed by atoms with Crippen LogP contribution in [0.2, 0.25) is 5.02 Å². The van der Waals surface area contributed by atoms with Gasteiger partial charge in [-0.3, -0.25) is 0 Å². The fourth-order valence-corrected chi connectivity index (χ4v) is 4.92. The minimum absolute atomic E-state index is 0.165. The smallest absolute Gasteiger partial charge is 0.130 e. The van der Waals surface area contributed by atoms with Crippen molar-refractivity contribution in [1.82, 2.24) is 4.98 Å². The summed E-state index contributed by atoms with van der Waals surface area (Å²) in [5.74, 6) is 1.69. The molecule has 30 heavy (non-hydrogen) atoms. The van der Waals surface area contributed by atoms with Gasteiger partial charge in [0.25, 0.3) is 0 Å². The van der Waals surface area contributed by atoms with Crippen LogP contribution in [-0.2, 0) is 17.8 Å². The van der Waals surface area contributed by atoms with E-state index < -0.39 is 0 Å². The molecule has 2 aromatic carbocycles. The second-order valence-electron chi connectivity index (χ2n) is 8.64. The lowest BCUT2D eigenvalue weighted by atomic mass is 9.82. The Balaban J connectivity index is 1.44. The molecule has 3 aromatic rings. The third-order valence-electron chi connectivity index (χ3n) is 6.29. The number of carbonyl (C=O) groups excluding carboxylic acids is 1. The Morgan fingerprint density at radius 3 is 2.67 bits per heavy atom. The lowest BCUT2D eigenvalue weighted by Crippen LogP contribution is -2.07. The number of aryl methyl sites for hydroxylation is 2. The van der Waals surface area contributed by atoms with Crippen LogP contribution >= 0.6 is 11.6 Å². The zero-order chi connectivity index (χ0) is 21.1. The zero-order valence-electron chi connectivity index (χ0n) is 17.9. The van der Waals surface area contributed by atoms with Crippen molar-refractivity contribution in [2.24, 2.45) is 0 Å². The van der Waals surface area contributed by atoms with E-state index in [1.54, 1.807) is 6.92 Å². The first-order chi connectivity index (χ1) is 14.5. The van der Waals surface area contributed by atoms with Crippen LogP contribution in [0, 0.1) is 6.92 Å². The fraction of sp³-hybridized carbons (Fsp3) is 0.423. The molecule has 0 unspecified atom stereocenters. The second kappa shape index (κ2) is 9.26. The molecule has 4 heteroatoms. The van der Waals surface area contributed by atoms with Gasteiger partial charge >= 0.3 is 0 Å². The van der Waals surface area contributed by atoms with Crippen LogP contribution in [0.1, 0.15) is 73.8 Å². The van der Waals surface area contributed by atoms with E-state index in [0.717, 1.165) is 28.3 Å². The normalized spacial score (nSPS) is 14.9. The van der Waals surface area contributed by atoms with Gasteiger partial charge in [-0.15, -0.1) is 0 Å². The molecular formula is C26H30ClNO2. The molecule has 0 spiro atoms. The Bertz CT molecular complexity index is 1050. The van der Waals surface area contributed by atoms with E-state index in [2.05, 4.69) is 30.1 Å². The summed E-state index contributed by atoms with van der Waals surface area (Å²) in [7, 11) is 0. The number of fused-ring (bicyclic) bond motifs is 1. The van der Waals surface area contributed by atoms with Crippen molar-refractivity contribution in [2.45, 2.75) is 71.3 Å². The first-order valence-electron chi connectivity index (χ1n) is 11.0. The van der Waals surface area contributed by atoms with Crippen LogP contribution < -0.4 is 4.74 Å². The van der Waals surface area contributed by atoms with Gasteiger partial charge < -0.3 is 14.5 Å². The Morgan fingerprint density at radius 1 is 1.13 bits per heavy atom. The summed E-state index contributed by atoms with van der Waals surface area (Å²) in [6, 6.07) is 12.7. The van der Waals surface area contributed by atoms with Gasteiger partial charge in [-0.2, -0.15) is 0 Å². The number of aromatic amines is 1. The van der Waals surface area contributed by atoms with E-state index in [-0.39, 0.29) is 5.78 Å². The molecule has 0 atom stereocenters. The first-order valence-corrected chi connectivity index (χ1v) is 11.4. The molecule has 1 aromatic heterocycles. The average molecular weight is 424 g/mol. The van der Waals surface area contributed by atoms with E-state index in [1.165, 1.54) is 48.8 Å². The standard InChI is InChI=1S/C26H30ClNO2/c1-17-14-19(9-11-22(17)20-6-4-3-5-7-20)16-30-21-10-13-24-23(15-21)26(27)25(28-24)12-8-18(2)29/h9-11,13-15,20,28H,3-8,12,16H2,1-2H3. The lowest BCUT2D eigenvalue weighted by molar-refractivity contribution is -0.116. The fourth-order valence-electron chi connectivity index (χ4n) is 4.62. The lowest BCUT2D eigenvalue weighted by Gasteiger charge is -2.24. The van der Waals surface area contributed by atoms with Crippen molar-refractivity contribution in [2.75, 3.05) is 0 Å². The summed E-state index contributed by atoms with van der Waals surface area (Å²) in [4.78, 5) is 14.6. The van der Waals surface area contributed by atoms with Crippen LogP contribution in [0.4, 0.5) is 0 Å². The van der Waals surface area contributed by atoms with Crippen molar-refractivity contribution < 1.29 is 9.53 Å². The summed E-state index contributed by atoms with van der Waals surface area (Å²) in [5.41, 5.74) is 5.96. The van der Waals surface area contributed by atoms with Gasteiger partial charge in [0.2, 0.25) is 0 Å². The molecule has 3 nitrogen and oxygen atoms in total. The number of hydrogen-bond donors (Lipinski definition) is 1. The third kappa shape index (κ3) is 4.73. The molecule has 0 radical (unpaired) electrons. The van der Waals surface area contributed by atoms with Gasteiger partial charge in [0.1, 0.15) is 18.1 Å². The van der Waals surface area contributed by atoms with Crippen LogP contribution in [0.25, 0.3) is 10.9 Å². The van der Waals surface area contributed by atoms with E-state index in [9.17, 15) is 4.79 Å². The number of nitrogens with one attached hydrogen (secondary N) is 1. The maximum atomic E-state index is 11.3. The average Bonchev–Trinajstić information content (AvgIpc) is 3.06. The quantitative estimate of drug-likeness (QED) is 0.433. The SMILES string of the molecule is CC(=O)CCc1[nH]c2ccc(OCc3ccc(C4CCCCC4)c(C)c3)cc2c1Cl. The topological polar surface area (TPSA) is 42.1 Å². The predicted octanol–water partition coefficient (Wildman–Crippen LogP) is 7.28. The maximum Gasteiger partial charge on any atom is 0.130 e. The van der Waals surface area contributed by atoms with Crippen LogP contribution in [0.5, 0.6) is 5.75 Å². The molecule has 1 heterocycles. The Hall–Kier alpha value is -2.26. The number of Topliss-reactive ketones (excluding diaryl/α,β-unsaturated/α-hetero) is 1. The summed E-state index contributed by atoms with van der Waals surface area (Å²) in [6.07, 6.45) is 7.86. The summed E-state index contributed by atoms with van der Waals surface area (Å²) in [6.45, 7) is 4.37. The maximum absolute atomic E-state index is 11.3. The highest BCUT2D eigenvalue weighted by Crippen LogP contribution is 2.35. The van der Waals surface area contributed by atoms with Crippen LogP contribution in [0.3, 0.4) is 0 Å². The second-order valence-corrected chi connectivity index (χ2v) is 9.02. The number of halogens is 1. The third-order valence-corrected chi connectivity index (χ3v) is 6.72. The Morgan fingerprint density at radius 2 is 1.93 bits per heavy atom. The molecule has 1 saturated carbocycles. The van der Waals surface area contributed by atoms with E-state index >= 15 is 0 Å². The van der Waals surface area contributed by atoms with E-state index in [4.69, 9.17) is 16.3 Å². The van der Waals surface area contributed by atoms with Gasteiger partial charge in [0.05, 0.1) is 5.02 Å². The highest BCUT2D eigenvalue weighted by molar-refractivity contribution is 6.36. The highest BCUT2D eigenvalue weighted by Gasteiger charge is 2.17. The van der Waals surface area contributed by atoms with E-state index in [1.807, 2.05) is 18.2 Å². The van der Waals surface area contributed by atoms with Crippen LogP contribution in [0.15, 0.2) is 36.4 Å². The van der Waals surface area contributed by atoms with Crippen molar-refractivity contribution in [3.8, 4) is 5.75 Å². The minimum Gasteiger partial charge on any atom is -0.489 e.